The van der Waals surface area contributed by atoms with Gasteiger partial charge in [-0.15, -0.1) is 11.8 Å². The second kappa shape index (κ2) is 6.71. The minimum atomic E-state index is -0.628. The Kier molecular flexibility index (Phi) is 4.66. The van der Waals surface area contributed by atoms with E-state index in [1.165, 1.54) is 23.3 Å². The van der Waals surface area contributed by atoms with Gasteiger partial charge in [0, 0.05) is 18.0 Å². The maximum Gasteiger partial charge on any atom is 0.233 e. The Morgan fingerprint density at radius 2 is 2.04 bits per heavy atom. The van der Waals surface area contributed by atoms with E-state index in [1.807, 2.05) is 12.1 Å². The number of benzene rings is 2. The van der Waals surface area contributed by atoms with Gasteiger partial charge in [-0.3, -0.25) is 4.79 Å². The highest BCUT2D eigenvalue weighted by atomic mass is 32.2. The second-order valence-electron chi connectivity index (χ2n) is 5.62. The quantitative estimate of drug-likeness (QED) is 0.782. The average molecular weight is 333 g/mol. The molecule has 1 aliphatic rings. The molecule has 2 aromatic carbocycles. The van der Waals surface area contributed by atoms with Crippen molar-refractivity contribution in [3.63, 3.8) is 0 Å². The van der Waals surface area contributed by atoms with Crippen LogP contribution in [0.25, 0.3) is 0 Å². The summed E-state index contributed by atoms with van der Waals surface area (Å²) < 4.78 is 26.5. The summed E-state index contributed by atoms with van der Waals surface area (Å²) in [7, 11) is 1.79. The summed E-state index contributed by atoms with van der Waals surface area (Å²) in [6.45, 7) is 0. The van der Waals surface area contributed by atoms with E-state index in [9.17, 15) is 13.6 Å². The first-order valence-corrected chi connectivity index (χ1v) is 8.46. The zero-order valence-corrected chi connectivity index (χ0v) is 13.6. The number of aryl methyl sites for hydroxylation is 1. The Labute approximate surface area is 138 Å². The molecule has 0 saturated carbocycles. The largest absolute Gasteiger partial charge is 0.338 e. The van der Waals surface area contributed by atoms with Crippen molar-refractivity contribution < 1.29 is 13.6 Å². The number of fused-ring (bicyclic) bond motifs is 1. The number of halogens is 2. The normalized spacial score (nSPS) is 16.2. The summed E-state index contributed by atoms with van der Waals surface area (Å²) in [4.78, 5) is 14.4. The van der Waals surface area contributed by atoms with Gasteiger partial charge in [0.1, 0.15) is 11.6 Å². The van der Waals surface area contributed by atoms with Crippen LogP contribution in [-0.2, 0) is 11.2 Å². The molecule has 0 bridgehead atoms. The van der Waals surface area contributed by atoms with Crippen molar-refractivity contribution in [2.75, 3.05) is 12.8 Å². The molecule has 2 aromatic rings. The molecule has 23 heavy (non-hydrogen) atoms. The number of rotatable bonds is 4. The highest BCUT2D eigenvalue weighted by Gasteiger charge is 2.28. The van der Waals surface area contributed by atoms with Crippen LogP contribution in [0.15, 0.2) is 47.4 Å². The van der Waals surface area contributed by atoms with E-state index in [2.05, 4.69) is 12.1 Å². The second-order valence-corrected chi connectivity index (χ2v) is 6.64. The maximum atomic E-state index is 13.6. The van der Waals surface area contributed by atoms with E-state index >= 15 is 0 Å². The van der Waals surface area contributed by atoms with Gasteiger partial charge in [-0.25, -0.2) is 8.78 Å². The van der Waals surface area contributed by atoms with Crippen molar-refractivity contribution in [3.05, 3.63) is 65.2 Å². The van der Waals surface area contributed by atoms with E-state index < -0.39 is 11.6 Å². The van der Waals surface area contributed by atoms with E-state index in [1.54, 1.807) is 11.9 Å². The van der Waals surface area contributed by atoms with Crippen LogP contribution in [0.1, 0.15) is 23.6 Å². The summed E-state index contributed by atoms with van der Waals surface area (Å²) in [5, 5.41) is 0. The molecule has 5 heteroatoms. The van der Waals surface area contributed by atoms with Crippen molar-refractivity contribution in [2.45, 2.75) is 23.8 Å². The smallest absolute Gasteiger partial charge is 0.233 e. The molecule has 120 valence electrons. The Morgan fingerprint density at radius 3 is 2.83 bits per heavy atom. The van der Waals surface area contributed by atoms with Crippen LogP contribution in [0.3, 0.4) is 0 Å². The molecule has 0 saturated heterocycles. The van der Waals surface area contributed by atoms with Crippen LogP contribution in [0.4, 0.5) is 8.78 Å². The predicted molar refractivity (Wildman–Crippen MR) is 87.4 cm³/mol. The maximum absolute atomic E-state index is 13.6. The van der Waals surface area contributed by atoms with Gasteiger partial charge in [0.2, 0.25) is 5.91 Å². The lowest BCUT2D eigenvalue weighted by atomic mass is 10.1. The molecule has 2 nitrogen and oxygen atoms in total. The van der Waals surface area contributed by atoms with Crippen molar-refractivity contribution in [1.82, 2.24) is 4.90 Å². The van der Waals surface area contributed by atoms with E-state index in [0.717, 1.165) is 30.7 Å². The molecule has 1 amide bonds. The molecule has 0 heterocycles. The molecule has 3 rings (SSSR count). The molecule has 1 atom stereocenters. The fourth-order valence-corrected chi connectivity index (χ4v) is 3.79. The molecule has 0 spiro atoms. The first-order chi connectivity index (χ1) is 11.1. The number of nitrogens with zero attached hydrogens (tertiary/aromatic N) is 1. The van der Waals surface area contributed by atoms with Gasteiger partial charge in [0.25, 0.3) is 0 Å². The molecule has 0 aliphatic heterocycles. The zero-order chi connectivity index (χ0) is 16.4. The van der Waals surface area contributed by atoms with Crippen LogP contribution in [0, 0.1) is 11.6 Å². The number of carbonyl (C=O) groups is 1. The number of carbonyl (C=O) groups excluding carboxylic acids is 1. The Bertz CT molecular complexity index is 735. The molecular formula is C18H17F2NOS. The van der Waals surface area contributed by atoms with Crippen molar-refractivity contribution in [2.24, 2.45) is 0 Å². The standard InChI is InChI=1S/C18H17F2NOS/c1-21(16-8-6-12-4-2-3-5-14(12)16)18(22)11-23-17-9-7-13(19)10-15(17)20/h2-5,7,9-10,16H,6,8,11H2,1H3/t16-/m0/s1. The van der Waals surface area contributed by atoms with Crippen molar-refractivity contribution in [3.8, 4) is 0 Å². The minimum Gasteiger partial charge on any atom is -0.338 e. The third-order valence-electron chi connectivity index (χ3n) is 4.21. The van der Waals surface area contributed by atoms with Gasteiger partial charge in [0.15, 0.2) is 0 Å². The highest BCUT2D eigenvalue weighted by Crippen LogP contribution is 2.35. The number of hydrogen-bond donors (Lipinski definition) is 0. The summed E-state index contributed by atoms with van der Waals surface area (Å²) in [5.74, 6) is -1.16. The van der Waals surface area contributed by atoms with E-state index in [-0.39, 0.29) is 17.7 Å². The SMILES string of the molecule is CN(C(=O)CSc1ccc(F)cc1F)[C@H]1CCc2ccccc21. The molecule has 0 unspecified atom stereocenters. The fraction of sp³-hybridized carbons (Fsp3) is 0.278. The van der Waals surface area contributed by atoms with Gasteiger partial charge in [0.05, 0.1) is 11.8 Å². The lowest BCUT2D eigenvalue weighted by Crippen LogP contribution is -2.31. The van der Waals surface area contributed by atoms with Crippen molar-refractivity contribution in [1.29, 1.82) is 0 Å². The number of hydrogen-bond acceptors (Lipinski definition) is 2. The lowest BCUT2D eigenvalue weighted by molar-refractivity contribution is -0.129. The molecule has 1 aliphatic carbocycles. The summed E-state index contributed by atoms with van der Waals surface area (Å²) in [6.07, 6.45) is 1.88. The lowest BCUT2D eigenvalue weighted by Gasteiger charge is -2.25. The van der Waals surface area contributed by atoms with Crippen LogP contribution in [0.2, 0.25) is 0 Å². The first kappa shape index (κ1) is 16.0. The third-order valence-corrected chi connectivity index (χ3v) is 5.24. The Morgan fingerprint density at radius 1 is 1.26 bits per heavy atom. The summed E-state index contributed by atoms with van der Waals surface area (Å²) in [6, 6.07) is 11.6. The van der Waals surface area contributed by atoms with E-state index in [0.29, 0.717) is 4.90 Å². The Balaban J connectivity index is 1.65. The molecule has 0 fully saturated rings. The highest BCUT2D eigenvalue weighted by molar-refractivity contribution is 8.00. The van der Waals surface area contributed by atoms with E-state index in [4.69, 9.17) is 0 Å². The van der Waals surface area contributed by atoms with Gasteiger partial charge in [-0.2, -0.15) is 0 Å². The summed E-state index contributed by atoms with van der Waals surface area (Å²) in [5.41, 5.74) is 2.48. The van der Waals surface area contributed by atoms with Gasteiger partial charge < -0.3 is 4.90 Å². The molecule has 0 aromatic heterocycles. The number of amides is 1. The molecule has 0 radical (unpaired) electrons. The van der Waals surface area contributed by atoms with Crippen LogP contribution in [-0.4, -0.2) is 23.6 Å². The topological polar surface area (TPSA) is 20.3 Å². The zero-order valence-electron chi connectivity index (χ0n) is 12.8. The first-order valence-electron chi connectivity index (χ1n) is 7.47. The van der Waals surface area contributed by atoms with Crippen LogP contribution < -0.4 is 0 Å². The van der Waals surface area contributed by atoms with Gasteiger partial charge in [-0.05, 0) is 36.1 Å². The third kappa shape index (κ3) is 3.39. The molecule has 0 N–H and O–H groups in total. The number of thioether (sulfide) groups is 1. The minimum absolute atomic E-state index is 0.0552. The van der Waals surface area contributed by atoms with Crippen LogP contribution >= 0.6 is 11.8 Å². The van der Waals surface area contributed by atoms with Crippen LogP contribution in [0.5, 0.6) is 0 Å². The van der Waals surface area contributed by atoms with Gasteiger partial charge in [-0.1, -0.05) is 24.3 Å². The fourth-order valence-electron chi connectivity index (χ4n) is 2.94. The molecular weight excluding hydrogens is 316 g/mol. The monoisotopic (exact) mass is 333 g/mol. The Hall–Kier alpha value is -1.88. The average Bonchev–Trinajstić information content (AvgIpc) is 2.97. The van der Waals surface area contributed by atoms with Crippen molar-refractivity contribution >= 4 is 17.7 Å². The summed E-state index contributed by atoms with van der Waals surface area (Å²) >= 11 is 1.10. The van der Waals surface area contributed by atoms with Gasteiger partial charge >= 0.3 is 0 Å². The predicted octanol–water partition coefficient (Wildman–Crippen LogP) is 4.20.